The summed E-state index contributed by atoms with van der Waals surface area (Å²) < 4.78 is 47.4. The molecule has 1 aliphatic carbocycles. The van der Waals surface area contributed by atoms with Crippen LogP contribution in [0.5, 0.6) is 5.88 Å². The molecule has 2 aromatic heterocycles. The molecule has 2 fully saturated rings. The van der Waals surface area contributed by atoms with E-state index in [1.54, 1.807) is 28.9 Å². The van der Waals surface area contributed by atoms with Crippen LogP contribution in [0.4, 0.5) is 30.5 Å². The van der Waals surface area contributed by atoms with Crippen molar-refractivity contribution >= 4 is 22.8 Å². The summed E-state index contributed by atoms with van der Waals surface area (Å²) in [6.45, 7) is 0.704. The van der Waals surface area contributed by atoms with Gasteiger partial charge in [0.2, 0.25) is 11.8 Å². The average molecular weight is 489 g/mol. The van der Waals surface area contributed by atoms with Crippen LogP contribution in [0, 0.1) is 5.53 Å². The second kappa shape index (κ2) is 9.68. The number of ether oxygens (including phenoxy) is 1. The topological polar surface area (TPSA) is 103 Å². The number of methoxy groups -OCH3 is 1. The van der Waals surface area contributed by atoms with Crippen molar-refractivity contribution in [3.05, 3.63) is 30.5 Å². The highest BCUT2D eigenvalue weighted by Gasteiger charge is 2.37. The number of nitrogens with zero attached hydrogens (tertiary/aromatic N) is 5. The smallest absolute Gasteiger partial charge is 0.255 e. The van der Waals surface area contributed by atoms with Crippen LogP contribution in [0.15, 0.2) is 35.6 Å². The number of benzene rings is 1. The number of anilines is 2. The maximum atomic E-state index is 14.8. The molecule has 0 spiro atoms. The Labute approximate surface area is 200 Å². The fourth-order valence-electron chi connectivity index (χ4n) is 4.59. The van der Waals surface area contributed by atoms with E-state index in [-0.39, 0.29) is 17.7 Å². The number of fused-ring (bicyclic) bond motifs is 1. The molecule has 1 saturated carbocycles. The number of likely N-dealkylation sites (tertiary alicyclic amines) is 1. The summed E-state index contributed by atoms with van der Waals surface area (Å²) in [6, 6.07) is 6.94. The monoisotopic (exact) mass is 488 g/mol. The molecular formula is C23H27F3N8O. The fraction of sp³-hybridized carbons (Fsp3) is 0.478. The van der Waals surface area contributed by atoms with Crippen molar-refractivity contribution in [2.75, 3.05) is 37.4 Å². The third-order valence-corrected chi connectivity index (χ3v) is 6.50. The average Bonchev–Trinajstić information content (AvgIpc) is 3.62. The molecule has 2 atom stereocenters. The summed E-state index contributed by atoms with van der Waals surface area (Å²) in [7, 11) is 1.49. The van der Waals surface area contributed by atoms with E-state index in [0.29, 0.717) is 47.2 Å². The Morgan fingerprint density at radius 1 is 1.26 bits per heavy atom. The van der Waals surface area contributed by atoms with Gasteiger partial charge in [0.1, 0.15) is 17.4 Å². The lowest BCUT2D eigenvalue weighted by molar-refractivity contribution is 0.120. The normalized spacial score (nSPS) is 20.8. The first kappa shape index (κ1) is 23.3. The molecule has 3 aromatic rings. The number of hydrogen-bond acceptors (Lipinski definition) is 8. The number of aromatic nitrogens is 3. The van der Waals surface area contributed by atoms with Crippen molar-refractivity contribution in [1.29, 1.82) is 5.53 Å². The molecule has 0 radical (unpaired) electrons. The SMILES string of the molecule is COc1nc(N[C@H]2CCN(C3CC3)C[C@H]2F)nn2ccc(-c3ccc(N=N)c(NCC(F)F)c3)c12. The van der Waals surface area contributed by atoms with Gasteiger partial charge in [-0.1, -0.05) is 6.07 Å². The molecule has 0 unspecified atom stereocenters. The van der Waals surface area contributed by atoms with Crippen molar-refractivity contribution in [3.63, 3.8) is 0 Å². The maximum Gasteiger partial charge on any atom is 0.255 e. The van der Waals surface area contributed by atoms with E-state index in [1.807, 2.05) is 6.07 Å². The van der Waals surface area contributed by atoms with Gasteiger partial charge in [-0.3, -0.25) is 4.90 Å². The second-order valence-corrected chi connectivity index (χ2v) is 8.86. The van der Waals surface area contributed by atoms with Crippen LogP contribution in [0.25, 0.3) is 16.6 Å². The number of nitrogens with one attached hydrogen (secondary N) is 3. The lowest BCUT2D eigenvalue weighted by Gasteiger charge is -2.35. The van der Waals surface area contributed by atoms with E-state index in [0.717, 1.165) is 19.4 Å². The molecule has 2 aliphatic rings. The zero-order valence-corrected chi connectivity index (χ0v) is 19.2. The van der Waals surface area contributed by atoms with E-state index in [1.165, 1.54) is 7.11 Å². The van der Waals surface area contributed by atoms with Gasteiger partial charge in [0, 0.05) is 30.9 Å². The van der Waals surface area contributed by atoms with E-state index >= 15 is 0 Å². The summed E-state index contributed by atoms with van der Waals surface area (Å²) in [6.07, 6.45) is 1.15. The predicted molar refractivity (Wildman–Crippen MR) is 126 cm³/mol. The number of piperidine rings is 1. The highest BCUT2D eigenvalue weighted by Crippen LogP contribution is 2.36. The van der Waals surface area contributed by atoms with Gasteiger partial charge in [-0.15, -0.1) is 5.10 Å². The molecular weight excluding hydrogens is 461 g/mol. The zero-order chi connectivity index (χ0) is 24.5. The fourth-order valence-corrected chi connectivity index (χ4v) is 4.59. The van der Waals surface area contributed by atoms with Gasteiger partial charge in [0.05, 0.1) is 25.4 Å². The van der Waals surface area contributed by atoms with Gasteiger partial charge in [0.15, 0.2) is 0 Å². The van der Waals surface area contributed by atoms with Crippen molar-refractivity contribution in [1.82, 2.24) is 19.5 Å². The van der Waals surface area contributed by atoms with Gasteiger partial charge in [-0.2, -0.15) is 10.1 Å². The van der Waals surface area contributed by atoms with Gasteiger partial charge in [-0.25, -0.2) is 23.2 Å². The Morgan fingerprint density at radius 2 is 2.09 bits per heavy atom. The van der Waals surface area contributed by atoms with Gasteiger partial charge >= 0.3 is 0 Å². The van der Waals surface area contributed by atoms with Crippen LogP contribution in [0.1, 0.15) is 19.3 Å². The minimum absolute atomic E-state index is 0.251. The minimum Gasteiger partial charge on any atom is -0.479 e. The van der Waals surface area contributed by atoms with Crippen LogP contribution in [-0.2, 0) is 0 Å². The standard InChI is InChI=1S/C23H27F3N8O/c1-35-22-21-15(13-2-5-18(31-27)19(10-13)28-11-20(25)26)6-9-34(21)32-23(30-22)29-17-7-8-33(12-16(17)24)14-3-4-14/h2,5-6,9-10,14,16-17,20,27-28H,3-4,7-8,11-12H2,1H3,(H,29,32)/t16-,17+/m1/s1. The lowest BCUT2D eigenvalue weighted by Crippen LogP contribution is -2.48. The van der Waals surface area contributed by atoms with Crippen molar-refractivity contribution < 1.29 is 17.9 Å². The molecule has 3 heterocycles. The molecule has 1 saturated heterocycles. The third-order valence-electron chi connectivity index (χ3n) is 6.50. The van der Waals surface area contributed by atoms with Crippen LogP contribution in [0.2, 0.25) is 0 Å². The Bertz CT molecular complexity index is 1210. The molecule has 5 rings (SSSR count). The van der Waals surface area contributed by atoms with Crippen LogP contribution in [-0.4, -0.2) is 70.9 Å². The molecule has 1 aromatic carbocycles. The maximum absolute atomic E-state index is 14.8. The third kappa shape index (κ3) is 4.88. The van der Waals surface area contributed by atoms with Crippen LogP contribution < -0.4 is 15.4 Å². The van der Waals surface area contributed by atoms with E-state index in [9.17, 15) is 13.2 Å². The summed E-state index contributed by atoms with van der Waals surface area (Å²) in [5.74, 6) is 0.566. The van der Waals surface area contributed by atoms with Crippen molar-refractivity contribution in [3.8, 4) is 17.0 Å². The molecule has 1 aliphatic heterocycles. The zero-order valence-electron chi connectivity index (χ0n) is 19.2. The van der Waals surface area contributed by atoms with Crippen LogP contribution >= 0.6 is 0 Å². The van der Waals surface area contributed by atoms with Crippen molar-refractivity contribution in [2.24, 2.45) is 5.11 Å². The Kier molecular flexibility index (Phi) is 6.46. The number of rotatable bonds is 9. The summed E-state index contributed by atoms with van der Waals surface area (Å²) in [4.78, 5) is 6.70. The Balaban J connectivity index is 1.42. The first-order valence-corrected chi connectivity index (χ1v) is 11.6. The van der Waals surface area contributed by atoms with Crippen LogP contribution in [0.3, 0.4) is 0 Å². The number of alkyl halides is 3. The number of halogens is 3. The summed E-state index contributed by atoms with van der Waals surface area (Å²) in [5, 5.41) is 13.7. The van der Waals surface area contributed by atoms with Gasteiger partial charge in [-0.05, 0) is 43.0 Å². The summed E-state index contributed by atoms with van der Waals surface area (Å²) >= 11 is 0. The molecule has 35 heavy (non-hydrogen) atoms. The first-order valence-electron chi connectivity index (χ1n) is 11.6. The summed E-state index contributed by atoms with van der Waals surface area (Å²) in [5.41, 5.74) is 9.86. The number of hydrogen-bond donors (Lipinski definition) is 3. The van der Waals surface area contributed by atoms with E-state index < -0.39 is 19.1 Å². The van der Waals surface area contributed by atoms with Gasteiger partial charge in [0.25, 0.3) is 6.43 Å². The first-order chi connectivity index (χ1) is 17.0. The largest absolute Gasteiger partial charge is 0.479 e. The molecule has 186 valence electrons. The molecule has 3 N–H and O–H groups in total. The highest BCUT2D eigenvalue weighted by molar-refractivity contribution is 5.87. The Morgan fingerprint density at radius 3 is 2.77 bits per heavy atom. The molecule has 0 bridgehead atoms. The second-order valence-electron chi connectivity index (χ2n) is 8.86. The van der Waals surface area contributed by atoms with E-state index in [4.69, 9.17) is 10.3 Å². The molecule has 0 amide bonds. The molecule has 9 nitrogen and oxygen atoms in total. The van der Waals surface area contributed by atoms with Gasteiger partial charge < -0.3 is 15.4 Å². The Hall–Kier alpha value is -3.41. The molecule has 12 heteroatoms. The van der Waals surface area contributed by atoms with Crippen molar-refractivity contribution in [2.45, 2.75) is 43.9 Å². The quantitative estimate of drug-likeness (QED) is 0.376. The minimum atomic E-state index is -2.54. The lowest BCUT2D eigenvalue weighted by atomic mass is 10.0. The predicted octanol–water partition coefficient (Wildman–Crippen LogP) is 4.73. The van der Waals surface area contributed by atoms with E-state index in [2.05, 4.69) is 30.7 Å². The highest BCUT2D eigenvalue weighted by atomic mass is 19.3.